The van der Waals surface area contributed by atoms with E-state index in [1.807, 2.05) is 13.0 Å². The van der Waals surface area contributed by atoms with E-state index < -0.39 is 0 Å². The Bertz CT molecular complexity index is 96.7. The molecule has 2 heteroatoms. The number of amides is 1. The predicted octanol–water partition coefficient (Wildman–Crippen LogP) is 0.699. The third-order valence-electron chi connectivity index (χ3n) is 0.751. The molecule has 0 aliphatic heterocycles. The van der Waals surface area contributed by atoms with Gasteiger partial charge in [-0.2, -0.15) is 0 Å². The largest absolute Gasteiger partial charge is 0.356 e. The van der Waals surface area contributed by atoms with Gasteiger partial charge in [-0.15, -0.1) is 0 Å². The van der Waals surface area contributed by atoms with Gasteiger partial charge in [-0.05, 0) is 12.5 Å². The molecule has 46 valence electrons. The van der Waals surface area contributed by atoms with Crippen LogP contribution in [0.3, 0.4) is 0 Å². The standard InChI is InChI=1S/C6H11NO/c1-3-4-5-6(8)7-2/h4-5H,3H2,1-2H3,(H,7,8). The minimum absolute atomic E-state index is 0.0353. The predicted molar refractivity (Wildman–Crippen MR) is 33.5 cm³/mol. The van der Waals surface area contributed by atoms with Crippen molar-refractivity contribution in [3.8, 4) is 0 Å². The van der Waals surface area contributed by atoms with E-state index in [0.29, 0.717) is 0 Å². The van der Waals surface area contributed by atoms with Crippen LogP contribution in [0.4, 0.5) is 0 Å². The number of rotatable bonds is 2. The number of hydrogen-bond donors (Lipinski definition) is 1. The van der Waals surface area contributed by atoms with Crippen LogP contribution >= 0.6 is 0 Å². The average molecular weight is 113 g/mol. The first kappa shape index (κ1) is 7.21. The van der Waals surface area contributed by atoms with Crippen molar-refractivity contribution in [1.29, 1.82) is 0 Å². The third kappa shape index (κ3) is 3.40. The first-order valence-electron chi connectivity index (χ1n) is 2.69. The number of hydrogen-bond acceptors (Lipinski definition) is 1. The first-order chi connectivity index (χ1) is 3.81. The molecule has 1 amide bonds. The van der Waals surface area contributed by atoms with Crippen molar-refractivity contribution in [3.05, 3.63) is 12.2 Å². The van der Waals surface area contributed by atoms with E-state index in [-0.39, 0.29) is 5.91 Å². The van der Waals surface area contributed by atoms with Gasteiger partial charge in [-0.1, -0.05) is 13.0 Å². The monoisotopic (exact) mass is 113 g/mol. The zero-order valence-electron chi connectivity index (χ0n) is 5.27. The maximum absolute atomic E-state index is 10.4. The van der Waals surface area contributed by atoms with E-state index in [2.05, 4.69) is 5.32 Å². The highest BCUT2D eigenvalue weighted by Gasteiger charge is 1.82. The fourth-order valence-electron chi connectivity index (χ4n) is 0.308. The smallest absolute Gasteiger partial charge is 0.243 e. The summed E-state index contributed by atoms with van der Waals surface area (Å²) in [6.45, 7) is 1.99. The van der Waals surface area contributed by atoms with Gasteiger partial charge in [0.2, 0.25) is 5.91 Å². The van der Waals surface area contributed by atoms with Gasteiger partial charge in [-0.3, -0.25) is 4.79 Å². The van der Waals surface area contributed by atoms with Crippen molar-refractivity contribution in [2.75, 3.05) is 7.05 Å². The zero-order valence-corrected chi connectivity index (χ0v) is 5.27. The molecule has 8 heavy (non-hydrogen) atoms. The molecule has 0 atom stereocenters. The summed E-state index contributed by atoms with van der Waals surface area (Å²) in [5.41, 5.74) is 0. The lowest BCUT2D eigenvalue weighted by atomic mass is 10.4. The SMILES string of the molecule is CCC=CC(=O)NC. The van der Waals surface area contributed by atoms with E-state index in [4.69, 9.17) is 0 Å². The van der Waals surface area contributed by atoms with Crippen molar-refractivity contribution in [3.63, 3.8) is 0 Å². The Balaban J connectivity index is 3.37. The van der Waals surface area contributed by atoms with Gasteiger partial charge in [0.1, 0.15) is 0 Å². The second-order valence-electron chi connectivity index (χ2n) is 1.42. The lowest BCUT2D eigenvalue weighted by Crippen LogP contribution is -2.13. The van der Waals surface area contributed by atoms with E-state index in [0.717, 1.165) is 6.42 Å². The summed E-state index contributed by atoms with van der Waals surface area (Å²) < 4.78 is 0. The number of carbonyl (C=O) groups is 1. The minimum Gasteiger partial charge on any atom is -0.356 e. The highest BCUT2D eigenvalue weighted by atomic mass is 16.1. The Labute approximate surface area is 49.6 Å². The van der Waals surface area contributed by atoms with E-state index >= 15 is 0 Å². The zero-order chi connectivity index (χ0) is 6.41. The molecular weight excluding hydrogens is 102 g/mol. The molecule has 0 aliphatic carbocycles. The van der Waals surface area contributed by atoms with E-state index in [9.17, 15) is 4.79 Å². The Kier molecular flexibility index (Phi) is 3.94. The van der Waals surface area contributed by atoms with Crippen LogP contribution < -0.4 is 5.32 Å². The number of carbonyl (C=O) groups excluding carboxylic acids is 1. The molecule has 2 nitrogen and oxygen atoms in total. The summed E-state index contributed by atoms with van der Waals surface area (Å²) in [5, 5.41) is 2.47. The topological polar surface area (TPSA) is 29.1 Å². The fraction of sp³-hybridized carbons (Fsp3) is 0.500. The molecular formula is C6H11NO. The van der Waals surface area contributed by atoms with Crippen molar-refractivity contribution in [2.45, 2.75) is 13.3 Å². The molecule has 0 fully saturated rings. The molecule has 0 rings (SSSR count). The van der Waals surface area contributed by atoms with E-state index in [1.54, 1.807) is 7.05 Å². The molecule has 0 spiro atoms. The number of allylic oxidation sites excluding steroid dienone is 1. The van der Waals surface area contributed by atoms with Crippen molar-refractivity contribution >= 4 is 5.91 Å². The van der Waals surface area contributed by atoms with Crippen LogP contribution in [-0.2, 0) is 4.79 Å². The molecule has 0 aromatic carbocycles. The summed E-state index contributed by atoms with van der Waals surface area (Å²) in [5.74, 6) is -0.0353. The Morgan fingerprint density at radius 2 is 2.38 bits per heavy atom. The summed E-state index contributed by atoms with van der Waals surface area (Å²) in [4.78, 5) is 10.4. The maximum Gasteiger partial charge on any atom is 0.243 e. The van der Waals surface area contributed by atoms with Gasteiger partial charge in [0.25, 0.3) is 0 Å². The van der Waals surface area contributed by atoms with Crippen LogP contribution in [-0.4, -0.2) is 13.0 Å². The number of nitrogens with one attached hydrogen (secondary N) is 1. The Morgan fingerprint density at radius 1 is 1.75 bits per heavy atom. The summed E-state index contributed by atoms with van der Waals surface area (Å²) in [6, 6.07) is 0. The molecule has 0 saturated carbocycles. The maximum atomic E-state index is 10.4. The molecule has 0 aromatic rings. The van der Waals surface area contributed by atoms with Gasteiger partial charge in [0, 0.05) is 7.05 Å². The quantitative estimate of drug-likeness (QED) is 0.525. The summed E-state index contributed by atoms with van der Waals surface area (Å²) >= 11 is 0. The molecule has 0 heterocycles. The van der Waals surface area contributed by atoms with Crippen molar-refractivity contribution in [1.82, 2.24) is 5.32 Å². The molecule has 0 radical (unpaired) electrons. The van der Waals surface area contributed by atoms with Gasteiger partial charge in [-0.25, -0.2) is 0 Å². The molecule has 0 aliphatic rings. The van der Waals surface area contributed by atoms with Crippen molar-refractivity contribution in [2.24, 2.45) is 0 Å². The minimum atomic E-state index is -0.0353. The van der Waals surface area contributed by atoms with Gasteiger partial charge in [0.05, 0.1) is 0 Å². The summed E-state index contributed by atoms with van der Waals surface area (Å²) in [7, 11) is 1.61. The fourth-order valence-corrected chi connectivity index (χ4v) is 0.308. The van der Waals surface area contributed by atoms with Crippen molar-refractivity contribution < 1.29 is 4.79 Å². The lowest BCUT2D eigenvalue weighted by molar-refractivity contribution is -0.116. The van der Waals surface area contributed by atoms with Gasteiger partial charge >= 0.3 is 0 Å². The van der Waals surface area contributed by atoms with Crippen LogP contribution in [0, 0.1) is 0 Å². The van der Waals surface area contributed by atoms with Crippen LogP contribution in [0.25, 0.3) is 0 Å². The highest BCUT2D eigenvalue weighted by Crippen LogP contribution is 1.77. The highest BCUT2D eigenvalue weighted by molar-refractivity contribution is 5.87. The Morgan fingerprint density at radius 3 is 2.75 bits per heavy atom. The van der Waals surface area contributed by atoms with Gasteiger partial charge in [0.15, 0.2) is 0 Å². The molecule has 0 saturated heterocycles. The average Bonchev–Trinajstić information content (AvgIpc) is 1.83. The van der Waals surface area contributed by atoms with Crippen LogP contribution in [0.15, 0.2) is 12.2 Å². The molecule has 0 bridgehead atoms. The second kappa shape index (κ2) is 4.37. The second-order valence-corrected chi connectivity index (χ2v) is 1.42. The van der Waals surface area contributed by atoms with Gasteiger partial charge < -0.3 is 5.32 Å². The third-order valence-corrected chi connectivity index (χ3v) is 0.751. The first-order valence-corrected chi connectivity index (χ1v) is 2.69. The molecule has 1 N–H and O–H groups in total. The Hall–Kier alpha value is -0.790. The number of likely N-dealkylation sites (N-methyl/N-ethyl adjacent to an activating group) is 1. The summed E-state index contributed by atoms with van der Waals surface area (Å²) in [6.07, 6.45) is 4.26. The molecule has 0 aromatic heterocycles. The normalized spacial score (nSPS) is 9.75. The van der Waals surface area contributed by atoms with Crippen LogP contribution in [0.1, 0.15) is 13.3 Å². The lowest BCUT2D eigenvalue weighted by Gasteiger charge is -1.85. The van der Waals surface area contributed by atoms with E-state index in [1.165, 1.54) is 6.08 Å². The molecule has 0 unspecified atom stereocenters. The van der Waals surface area contributed by atoms with Crippen LogP contribution in [0.2, 0.25) is 0 Å². The van der Waals surface area contributed by atoms with Crippen LogP contribution in [0.5, 0.6) is 0 Å².